The number of nitrogens with one attached hydrogen (secondary N) is 2. The Balaban J connectivity index is 2.31. The molecule has 0 aliphatic carbocycles. The minimum atomic E-state index is 0.0879. The molecule has 0 amide bonds. The molecule has 5 heteroatoms. The summed E-state index contributed by atoms with van der Waals surface area (Å²) in [5.41, 5.74) is 0.923. The summed E-state index contributed by atoms with van der Waals surface area (Å²) in [5.74, 6) is 0.774. The second kappa shape index (κ2) is 4.29. The van der Waals surface area contributed by atoms with E-state index in [1.165, 1.54) is 0 Å². The number of hydrogen-bond acceptors (Lipinski definition) is 1. The standard InChI is InChI=1S/C10H11Cl2N3/c1-13-10-14-5-8(15-10)9-6(11)3-2-4-7(9)12/h2-4,8H,5H2,1H3,(H2,13,14,15). The van der Waals surface area contributed by atoms with Crippen molar-refractivity contribution in [3.63, 3.8) is 0 Å². The average molecular weight is 244 g/mol. The van der Waals surface area contributed by atoms with Gasteiger partial charge in [0.15, 0.2) is 5.96 Å². The van der Waals surface area contributed by atoms with Crippen LogP contribution in [0.25, 0.3) is 0 Å². The molecule has 15 heavy (non-hydrogen) atoms. The summed E-state index contributed by atoms with van der Waals surface area (Å²) in [7, 11) is 1.73. The van der Waals surface area contributed by atoms with Crippen molar-refractivity contribution < 1.29 is 0 Å². The zero-order valence-corrected chi connectivity index (χ0v) is 9.73. The number of hydrogen-bond donors (Lipinski definition) is 2. The van der Waals surface area contributed by atoms with Gasteiger partial charge < -0.3 is 10.6 Å². The van der Waals surface area contributed by atoms with Gasteiger partial charge in [0.1, 0.15) is 0 Å². The van der Waals surface area contributed by atoms with E-state index in [0.29, 0.717) is 10.0 Å². The predicted octanol–water partition coefficient (Wildman–Crippen LogP) is 2.21. The van der Waals surface area contributed by atoms with Crippen molar-refractivity contribution in [2.45, 2.75) is 6.04 Å². The Kier molecular flexibility index (Phi) is 3.03. The van der Waals surface area contributed by atoms with E-state index < -0.39 is 0 Å². The van der Waals surface area contributed by atoms with Crippen molar-refractivity contribution in [2.75, 3.05) is 13.6 Å². The van der Waals surface area contributed by atoms with E-state index in [1.54, 1.807) is 7.05 Å². The van der Waals surface area contributed by atoms with Gasteiger partial charge >= 0.3 is 0 Å². The Morgan fingerprint density at radius 3 is 2.53 bits per heavy atom. The van der Waals surface area contributed by atoms with Crippen LogP contribution in [0.5, 0.6) is 0 Å². The number of guanidine groups is 1. The third-order valence-corrected chi connectivity index (χ3v) is 3.02. The van der Waals surface area contributed by atoms with Gasteiger partial charge in [-0.05, 0) is 12.1 Å². The summed E-state index contributed by atoms with van der Waals surface area (Å²) in [6.45, 7) is 0.746. The van der Waals surface area contributed by atoms with Gasteiger partial charge in [0.05, 0.1) is 6.04 Å². The number of halogens is 2. The highest BCUT2D eigenvalue weighted by atomic mass is 35.5. The Bertz CT molecular complexity index is 383. The minimum Gasteiger partial charge on any atom is -0.354 e. The topological polar surface area (TPSA) is 36.4 Å². The van der Waals surface area contributed by atoms with E-state index in [9.17, 15) is 0 Å². The Morgan fingerprint density at radius 1 is 1.33 bits per heavy atom. The van der Waals surface area contributed by atoms with Crippen LogP contribution in [0.4, 0.5) is 0 Å². The predicted molar refractivity (Wildman–Crippen MR) is 63.7 cm³/mol. The van der Waals surface area contributed by atoms with E-state index in [0.717, 1.165) is 18.1 Å². The van der Waals surface area contributed by atoms with E-state index in [1.807, 2.05) is 18.2 Å². The van der Waals surface area contributed by atoms with Crippen LogP contribution in [-0.2, 0) is 0 Å². The molecule has 1 heterocycles. The fourth-order valence-corrected chi connectivity index (χ4v) is 2.29. The van der Waals surface area contributed by atoms with Crippen LogP contribution in [0.1, 0.15) is 11.6 Å². The monoisotopic (exact) mass is 243 g/mol. The highest BCUT2D eigenvalue weighted by molar-refractivity contribution is 6.36. The molecule has 1 atom stereocenters. The van der Waals surface area contributed by atoms with Crippen LogP contribution in [0, 0.1) is 0 Å². The van der Waals surface area contributed by atoms with Gasteiger partial charge in [-0.2, -0.15) is 0 Å². The van der Waals surface area contributed by atoms with Crippen molar-refractivity contribution in [1.82, 2.24) is 10.6 Å². The molecule has 2 N–H and O–H groups in total. The normalized spacial score (nSPS) is 22.6. The highest BCUT2D eigenvalue weighted by Gasteiger charge is 2.23. The Hall–Kier alpha value is -0.930. The molecule has 0 bridgehead atoms. The summed E-state index contributed by atoms with van der Waals surface area (Å²) in [5, 5.41) is 7.70. The number of aliphatic imine (C=N–C) groups is 1. The molecule has 0 saturated carbocycles. The van der Waals surface area contributed by atoms with E-state index in [4.69, 9.17) is 23.2 Å². The van der Waals surface area contributed by atoms with E-state index in [2.05, 4.69) is 15.6 Å². The molecule has 1 aromatic rings. The molecule has 1 fully saturated rings. The first kappa shape index (κ1) is 10.6. The minimum absolute atomic E-state index is 0.0879. The van der Waals surface area contributed by atoms with Gasteiger partial charge in [-0.1, -0.05) is 29.3 Å². The summed E-state index contributed by atoms with van der Waals surface area (Å²) in [4.78, 5) is 4.03. The zero-order chi connectivity index (χ0) is 10.8. The Labute approximate surface area is 98.5 Å². The van der Waals surface area contributed by atoms with Crippen LogP contribution in [-0.4, -0.2) is 19.6 Å². The molecule has 2 rings (SSSR count). The fourth-order valence-electron chi connectivity index (χ4n) is 1.63. The van der Waals surface area contributed by atoms with Crippen molar-refractivity contribution in [3.8, 4) is 0 Å². The molecule has 1 unspecified atom stereocenters. The molecule has 0 spiro atoms. The number of benzene rings is 1. The third kappa shape index (κ3) is 2.03. The van der Waals surface area contributed by atoms with Crippen molar-refractivity contribution >= 4 is 29.2 Å². The van der Waals surface area contributed by atoms with Gasteiger partial charge in [0, 0.05) is 29.2 Å². The van der Waals surface area contributed by atoms with Gasteiger partial charge in [-0.3, -0.25) is 4.99 Å². The molecule has 1 aliphatic heterocycles. The fraction of sp³-hybridized carbons (Fsp3) is 0.300. The van der Waals surface area contributed by atoms with Crippen LogP contribution < -0.4 is 10.6 Å². The maximum atomic E-state index is 6.11. The maximum absolute atomic E-state index is 6.11. The molecule has 0 aromatic heterocycles. The van der Waals surface area contributed by atoms with Crippen molar-refractivity contribution in [3.05, 3.63) is 33.8 Å². The third-order valence-electron chi connectivity index (χ3n) is 2.36. The van der Waals surface area contributed by atoms with Gasteiger partial charge in [-0.15, -0.1) is 0 Å². The van der Waals surface area contributed by atoms with Crippen LogP contribution in [0.3, 0.4) is 0 Å². The van der Waals surface area contributed by atoms with Gasteiger partial charge in [-0.25, -0.2) is 0 Å². The smallest absolute Gasteiger partial charge is 0.191 e. The summed E-state index contributed by atoms with van der Waals surface area (Å²) < 4.78 is 0. The lowest BCUT2D eigenvalue weighted by Crippen LogP contribution is -2.24. The summed E-state index contributed by atoms with van der Waals surface area (Å²) >= 11 is 12.2. The molecule has 1 saturated heterocycles. The quantitative estimate of drug-likeness (QED) is 0.794. The lowest BCUT2D eigenvalue weighted by molar-refractivity contribution is 0.707. The molecular weight excluding hydrogens is 233 g/mol. The molecule has 0 radical (unpaired) electrons. The first-order chi connectivity index (χ1) is 7.22. The van der Waals surface area contributed by atoms with Gasteiger partial charge in [0.25, 0.3) is 0 Å². The first-order valence-corrected chi connectivity index (χ1v) is 5.39. The largest absolute Gasteiger partial charge is 0.354 e. The second-order valence-corrected chi connectivity index (χ2v) is 4.10. The molecule has 1 aliphatic rings. The summed E-state index contributed by atoms with van der Waals surface area (Å²) in [6.07, 6.45) is 0. The summed E-state index contributed by atoms with van der Waals surface area (Å²) in [6, 6.07) is 5.60. The lowest BCUT2D eigenvalue weighted by atomic mass is 10.1. The maximum Gasteiger partial charge on any atom is 0.191 e. The molecule has 80 valence electrons. The average Bonchev–Trinajstić information content (AvgIpc) is 2.66. The highest BCUT2D eigenvalue weighted by Crippen LogP contribution is 2.30. The Morgan fingerprint density at radius 2 is 2.00 bits per heavy atom. The van der Waals surface area contributed by atoms with E-state index in [-0.39, 0.29) is 6.04 Å². The number of nitrogens with zero attached hydrogens (tertiary/aromatic N) is 1. The van der Waals surface area contributed by atoms with Crippen molar-refractivity contribution in [1.29, 1.82) is 0 Å². The van der Waals surface area contributed by atoms with Crippen LogP contribution in [0.2, 0.25) is 10.0 Å². The zero-order valence-electron chi connectivity index (χ0n) is 8.22. The van der Waals surface area contributed by atoms with Crippen LogP contribution in [0.15, 0.2) is 23.2 Å². The van der Waals surface area contributed by atoms with Gasteiger partial charge in [0.2, 0.25) is 0 Å². The second-order valence-electron chi connectivity index (χ2n) is 3.29. The first-order valence-electron chi connectivity index (χ1n) is 4.63. The molecule has 3 nitrogen and oxygen atoms in total. The van der Waals surface area contributed by atoms with E-state index >= 15 is 0 Å². The molecule has 1 aromatic carbocycles. The number of rotatable bonds is 1. The SMILES string of the molecule is CN=C1NCC(c2c(Cl)cccc2Cl)N1. The lowest BCUT2D eigenvalue weighted by Gasteiger charge is -2.13. The van der Waals surface area contributed by atoms with Crippen LogP contribution >= 0.6 is 23.2 Å². The van der Waals surface area contributed by atoms with Crippen molar-refractivity contribution in [2.24, 2.45) is 4.99 Å². The molecular formula is C10H11Cl2N3.